The van der Waals surface area contributed by atoms with Gasteiger partial charge in [-0.05, 0) is 25.5 Å². The van der Waals surface area contributed by atoms with Gasteiger partial charge < -0.3 is 15.2 Å². The second-order valence-corrected chi connectivity index (χ2v) is 3.36. The van der Waals surface area contributed by atoms with E-state index < -0.39 is 6.10 Å². The van der Waals surface area contributed by atoms with Crippen molar-refractivity contribution >= 4 is 11.6 Å². The predicted octanol–water partition coefficient (Wildman–Crippen LogP) is 2.15. The zero-order chi connectivity index (χ0) is 12.0. The number of carbonyl (C=O) groups excluding carboxylic acids is 1. The van der Waals surface area contributed by atoms with Gasteiger partial charge in [-0.15, -0.1) is 0 Å². The molecule has 1 aromatic rings. The van der Waals surface area contributed by atoms with E-state index in [0.717, 1.165) is 0 Å². The highest BCUT2D eigenvalue weighted by atomic mass is 16.5. The number of rotatable bonds is 5. The Labute approximate surface area is 95.2 Å². The molecule has 0 spiro atoms. The molecule has 16 heavy (non-hydrogen) atoms. The first-order chi connectivity index (χ1) is 7.69. The molecule has 0 saturated carbocycles. The molecule has 0 aliphatic heterocycles. The molecule has 1 amide bonds. The van der Waals surface area contributed by atoms with Crippen molar-refractivity contribution in [3.8, 4) is 5.75 Å². The summed E-state index contributed by atoms with van der Waals surface area (Å²) in [6, 6.07) is 6.62. The number of phenolic OH excluding ortho intramolecular Hbond substituents is 1. The highest BCUT2D eigenvalue weighted by Gasteiger charge is 2.17. The summed E-state index contributed by atoms with van der Waals surface area (Å²) < 4.78 is 5.27. The number of hydrogen-bond acceptors (Lipinski definition) is 3. The van der Waals surface area contributed by atoms with Crippen molar-refractivity contribution in [3.05, 3.63) is 24.3 Å². The minimum Gasteiger partial charge on any atom is -0.506 e. The Morgan fingerprint density at radius 1 is 1.44 bits per heavy atom. The van der Waals surface area contributed by atoms with E-state index in [0.29, 0.717) is 18.7 Å². The number of carbonyl (C=O) groups is 1. The molecule has 1 atom stereocenters. The van der Waals surface area contributed by atoms with Crippen molar-refractivity contribution in [1.29, 1.82) is 0 Å². The van der Waals surface area contributed by atoms with Gasteiger partial charge in [-0.2, -0.15) is 0 Å². The fourth-order valence-corrected chi connectivity index (χ4v) is 1.37. The molecule has 0 fully saturated rings. The van der Waals surface area contributed by atoms with Crippen LogP contribution in [0.25, 0.3) is 0 Å². The van der Waals surface area contributed by atoms with Gasteiger partial charge in [-0.25, -0.2) is 0 Å². The standard InChI is InChI=1S/C12H17NO3/c1-3-11(16-4-2)12(15)13-9-7-5-6-8-10(9)14/h5-8,11,14H,3-4H2,1-2H3,(H,13,15)/t11-/m0/s1. The van der Waals surface area contributed by atoms with Crippen molar-refractivity contribution in [2.75, 3.05) is 11.9 Å². The van der Waals surface area contributed by atoms with Crippen molar-refractivity contribution in [3.63, 3.8) is 0 Å². The molecule has 0 unspecified atom stereocenters. The third-order valence-corrected chi connectivity index (χ3v) is 2.19. The maximum absolute atomic E-state index is 11.7. The fraction of sp³-hybridized carbons (Fsp3) is 0.417. The van der Waals surface area contributed by atoms with Crippen LogP contribution in [0.15, 0.2) is 24.3 Å². The first-order valence-electron chi connectivity index (χ1n) is 5.39. The molecule has 0 saturated heterocycles. The van der Waals surface area contributed by atoms with Crippen LogP contribution in [0.5, 0.6) is 5.75 Å². The van der Waals surface area contributed by atoms with Crippen LogP contribution >= 0.6 is 0 Å². The second kappa shape index (κ2) is 6.12. The van der Waals surface area contributed by atoms with Crippen LogP contribution in [0, 0.1) is 0 Å². The molecule has 88 valence electrons. The smallest absolute Gasteiger partial charge is 0.253 e. The summed E-state index contributed by atoms with van der Waals surface area (Å²) in [6.07, 6.45) is 0.136. The zero-order valence-electron chi connectivity index (χ0n) is 9.56. The Morgan fingerprint density at radius 2 is 2.12 bits per heavy atom. The number of aromatic hydroxyl groups is 1. The average molecular weight is 223 g/mol. The number of hydrogen-bond donors (Lipinski definition) is 2. The lowest BCUT2D eigenvalue weighted by Gasteiger charge is -2.15. The van der Waals surface area contributed by atoms with Gasteiger partial charge in [0.25, 0.3) is 5.91 Å². The first kappa shape index (κ1) is 12.5. The van der Waals surface area contributed by atoms with Gasteiger partial charge in [-0.3, -0.25) is 4.79 Å². The molecule has 1 rings (SSSR count). The van der Waals surface area contributed by atoms with E-state index in [4.69, 9.17) is 4.74 Å². The number of para-hydroxylation sites is 2. The summed E-state index contributed by atoms with van der Waals surface area (Å²) in [5.41, 5.74) is 0.408. The summed E-state index contributed by atoms with van der Waals surface area (Å²) in [4.78, 5) is 11.7. The van der Waals surface area contributed by atoms with Crippen molar-refractivity contribution in [2.24, 2.45) is 0 Å². The van der Waals surface area contributed by atoms with Gasteiger partial charge in [-0.1, -0.05) is 19.1 Å². The van der Waals surface area contributed by atoms with Gasteiger partial charge in [0.2, 0.25) is 0 Å². The van der Waals surface area contributed by atoms with E-state index >= 15 is 0 Å². The maximum Gasteiger partial charge on any atom is 0.253 e. The lowest BCUT2D eigenvalue weighted by atomic mass is 10.2. The molecular weight excluding hydrogens is 206 g/mol. The van der Waals surface area contributed by atoms with Crippen LogP contribution in [-0.2, 0) is 9.53 Å². The first-order valence-corrected chi connectivity index (χ1v) is 5.39. The maximum atomic E-state index is 11.7. The number of phenols is 1. The minimum atomic E-state index is -0.468. The van der Waals surface area contributed by atoms with Crippen LogP contribution < -0.4 is 5.32 Å². The molecule has 0 radical (unpaired) electrons. The molecular formula is C12H17NO3. The molecule has 4 nitrogen and oxygen atoms in total. The Kier molecular flexibility index (Phi) is 4.79. The number of benzene rings is 1. The van der Waals surface area contributed by atoms with Gasteiger partial charge >= 0.3 is 0 Å². The summed E-state index contributed by atoms with van der Waals surface area (Å²) in [7, 11) is 0. The highest BCUT2D eigenvalue weighted by Crippen LogP contribution is 2.21. The van der Waals surface area contributed by atoms with Crippen molar-refractivity contribution in [2.45, 2.75) is 26.4 Å². The molecule has 2 N–H and O–H groups in total. The van der Waals surface area contributed by atoms with Crippen LogP contribution in [0.4, 0.5) is 5.69 Å². The quantitative estimate of drug-likeness (QED) is 0.752. The highest BCUT2D eigenvalue weighted by molar-refractivity contribution is 5.95. The number of nitrogens with one attached hydrogen (secondary N) is 1. The van der Waals surface area contributed by atoms with E-state index in [2.05, 4.69) is 5.32 Å². The predicted molar refractivity (Wildman–Crippen MR) is 62.4 cm³/mol. The normalized spacial score (nSPS) is 12.1. The zero-order valence-corrected chi connectivity index (χ0v) is 9.56. The van der Waals surface area contributed by atoms with E-state index in [1.165, 1.54) is 6.07 Å². The topological polar surface area (TPSA) is 58.6 Å². The second-order valence-electron chi connectivity index (χ2n) is 3.36. The Morgan fingerprint density at radius 3 is 2.69 bits per heavy atom. The molecule has 0 aromatic heterocycles. The molecule has 0 aliphatic rings. The van der Waals surface area contributed by atoms with Crippen LogP contribution in [0.3, 0.4) is 0 Å². The average Bonchev–Trinajstić information content (AvgIpc) is 2.29. The van der Waals surface area contributed by atoms with Crippen LogP contribution in [-0.4, -0.2) is 23.7 Å². The Balaban J connectivity index is 2.66. The van der Waals surface area contributed by atoms with Gasteiger partial charge in [0.1, 0.15) is 11.9 Å². The van der Waals surface area contributed by atoms with Crippen LogP contribution in [0.2, 0.25) is 0 Å². The summed E-state index contributed by atoms with van der Waals surface area (Å²) in [5, 5.41) is 12.1. The molecule has 4 heteroatoms. The van der Waals surface area contributed by atoms with Gasteiger partial charge in [0.15, 0.2) is 0 Å². The fourth-order valence-electron chi connectivity index (χ4n) is 1.37. The lowest BCUT2D eigenvalue weighted by molar-refractivity contribution is -0.127. The summed E-state index contributed by atoms with van der Waals surface area (Å²) in [5.74, 6) is -0.173. The van der Waals surface area contributed by atoms with E-state index in [1.54, 1.807) is 18.2 Å². The van der Waals surface area contributed by atoms with Gasteiger partial charge in [0, 0.05) is 6.61 Å². The SMILES string of the molecule is CCO[C@@H](CC)C(=O)Nc1ccccc1O. The Bertz CT molecular complexity index is 352. The number of amides is 1. The lowest BCUT2D eigenvalue weighted by Crippen LogP contribution is -2.29. The molecule has 1 aromatic carbocycles. The van der Waals surface area contributed by atoms with Gasteiger partial charge in [0.05, 0.1) is 5.69 Å². The number of ether oxygens (including phenoxy) is 1. The number of anilines is 1. The molecule has 0 heterocycles. The van der Waals surface area contributed by atoms with E-state index in [1.807, 2.05) is 13.8 Å². The molecule has 0 bridgehead atoms. The summed E-state index contributed by atoms with van der Waals surface area (Å²) >= 11 is 0. The van der Waals surface area contributed by atoms with Crippen LogP contribution in [0.1, 0.15) is 20.3 Å². The third-order valence-electron chi connectivity index (χ3n) is 2.19. The van der Waals surface area contributed by atoms with Crippen molar-refractivity contribution in [1.82, 2.24) is 0 Å². The molecule has 0 aliphatic carbocycles. The van der Waals surface area contributed by atoms with E-state index in [9.17, 15) is 9.90 Å². The van der Waals surface area contributed by atoms with E-state index in [-0.39, 0.29) is 11.7 Å². The third kappa shape index (κ3) is 3.24. The minimum absolute atomic E-state index is 0.0576. The summed E-state index contributed by atoms with van der Waals surface area (Å²) in [6.45, 7) is 4.22. The largest absolute Gasteiger partial charge is 0.506 e. The van der Waals surface area contributed by atoms with Crippen molar-refractivity contribution < 1.29 is 14.6 Å². The Hall–Kier alpha value is -1.55. The monoisotopic (exact) mass is 223 g/mol.